The summed E-state index contributed by atoms with van der Waals surface area (Å²) in [5.41, 5.74) is 0.362. The van der Waals surface area contributed by atoms with Gasteiger partial charge in [-0.3, -0.25) is 0 Å². The van der Waals surface area contributed by atoms with Crippen LogP contribution in [0.5, 0.6) is 11.6 Å². The van der Waals surface area contributed by atoms with Crippen LogP contribution in [0, 0.1) is 0 Å². The van der Waals surface area contributed by atoms with Crippen molar-refractivity contribution < 1.29 is 23.0 Å². The summed E-state index contributed by atoms with van der Waals surface area (Å²) in [4.78, 5) is 0. The van der Waals surface area contributed by atoms with Crippen molar-refractivity contribution in [2.24, 2.45) is 7.05 Å². The molecule has 0 aliphatic carbocycles. The molecule has 0 unspecified atom stereocenters. The first kappa shape index (κ1) is 12.3. The number of aromatic nitrogens is 2. The van der Waals surface area contributed by atoms with E-state index in [1.165, 1.54) is 31.3 Å². The number of hydrogen-bond donors (Lipinski definition) is 1. The number of halogens is 3. The van der Waals surface area contributed by atoms with E-state index in [1.807, 2.05) is 0 Å². The molecule has 4 nitrogen and oxygen atoms in total. The van der Waals surface area contributed by atoms with Crippen LogP contribution in [0.25, 0.3) is 11.3 Å². The summed E-state index contributed by atoms with van der Waals surface area (Å²) in [6, 6.07) is 6.87. The largest absolute Gasteiger partial charge is 0.573 e. The van der Waals surface area contributed by atoms with Crippen LogP contribution in [0.15, 0.2) is 30.3 Å². The third-order valence-corrected chi connectivity index (χ3v) is 2.24. The number of aromatic hydroxyl groups is 1. The van der Waals surface area contributed by atoms with Gasteiger partial charge in [-0.2, -0.15) is 5.10 Å². The highest BCUT2D eigenvalue weighted by Crippen LogP contribution is 2.33. The van der Waals surface area contributed by atoms with Crippen molar-refractivity contribution in [3.05, 3.63) is 30.3 Å². The molecule has 7 heteroatoms. The standard InChI is InChI=1S/C11H9F3N2O2/c1-16-10(17)6-8(15-16)7-4-2-3-5-9(7)18-11(12,13)14/h2-6,17H,1H3. The number of nitrogens with zero attached hydrogens (tertiary/aromatic N) is 2. The molecular weight excluding hydrogens is 249 g/mol. The fourth-order valence-corrected chi connectivity index (χ4v) is 1.48. The van der Waals surface area contributed by atoms with E-state index >= 15 is 0 Å². The number of para-hydroxylation sites is 1. The van der Waals surface area contributed by atoms with Gasteiger partial charge in [-0.1, -0.05) is 12.1 Å². The summed E-state index contributed by atoms with van der Waals surface area (Å²) in [5, 5.41) is 13.3. The van der Waals surface area contributed by atoms with Crippen molar-refractivity contribution in [3.63, 3.8) is 0 Å². The summed E-state index contributed by atoms with van der Waals surface area (Å²) in [6.45, 7) is 0. The van der Waals surface area contributed by atoms with Crippen LogP contribution in [0.4, 0.5) is 13.2 Å². The molecule has 0 aliphatic heterocycles. The molecule has 0 aliphatic rings. The molecule has 0 amide bonds. The summed E-state index contributed by atoms with van der Waals surface area (Å²) in [5.74, 6) is -0.505. The lowest BCUT2D eigenvalue weighted by Crippen LogP contribution is -2.17. The zero-order valence-electron chi connectivity index (χ0n) is 9.27. The number of ether oxygens (including phenoxy) is 1. The highest BCUT2D eigenvalue weighted by atomic mass is 19.4. The van der Waals surface area contributed by atoms with E-state index in [0.29, 0.717) is 0 Å². The van der Waals surface area contributed by atoms with Gasteiger partial charge < -0.3 is 9.84 Å². The van der Waals surface area contributed by atoms with Crippen molar-refractivity contribution >= 4 is 0 Å². The van der Waals surface area contributed by atoms with Crippen LogP contribution in [0.2, 0.25) is 0 Å². The van der Waals surface area contributed by atoms with E-state index in [1.54, 1.807) is 6.07 Å². The van der Waals surface area contributed by atoms with Crippen LogP contribution < -0.4 is 4.74 Å². The van der Waals surface area contributed by atoms with Crippen LogP contribution in [-0.4, -0.2) is 21.2 Å². The second kappa shape index (κ2) is 4.25. The van der Waals surface area contributed by atoms with E-state index in [-0.39, 0.29) is 22.9 Å². The molecule has 1 heterocycles. The fourth-order valence-electron chi connectivity index (χ4n) is 1.48. The summed E-state index contributed by atoms with van der Waals surface area (Å²) >= 11 is 0. The normalized spacial score (nSPS) is 11.6. The first-order chi connectivity index (χ1) is 8.37. The van der Waals surface area contributed by atoms with Crippen molar-refractivity contribution in [2.45, 2.75) is 6.36 Å². The first-order valence-corrected chi connectivity index (χ1v) is 4.95. The van der Waals surface area contributed by atoms with Gasteiger partial charge >= 0.3 is 6.36 Å². The Balaban J connectivity index is 2.44. The first-order valence-electron chi connectivity index (χ1n) is 4.95. The summed E-state index contributed by atoms with van der Waals surface area (Å²) < 4.78 is 41.7. The molecule has 18 heavy (non-hydrogen) atoms. The van der Waals surface area contributed by atoms with Crippen molar-refractivity contribution in [1.82, 2.24) is 9.78 Å². The minimum absolute atomic E-state index is 0.146. The molecular formula is C11H9F3N2O2. The molecule has 2 aromatic rings. The molecule has 0 bridgehead atoms. The quantitative estimate of drug-likeness (QED) is 0.900. The molecule has 2 rings (SSSR count). The maximum atomic E-state index is 12.2. The Labute approximate surface area is 100 Å². The molecule has 0 atom stereocenters. The van der Waals surface area contributed by atoms with Gasteiger partial charge in [-0.15, -0.1) is 13.2 Å². The molecule has 1 aromatic carbocycles. The fraction of sp³-hybridized carbons (Fsp3) is 0.182. The van der Waals surface area contributed by atoms with E-state index in [0.717, 1.165) is 4.68 Å². The number of rotatable bonds is 2. The van der Waals surface area contributed by atoms with Gasteiger partial charge in [0, 0.05) is 18.7 Å². The van der Waals surface area contributed by atoms with E-state index in [2.05, 4.69) is 9.84 Å². The Bertz CT molecular complexity index is 544. The van der Waals surface area contributed by atoms with E-state index < -0.39 is 6.36 Å². The van der Waals surface area contributed by atoms with Crippen molar-refractivity contribution in [3.8, 4) is 22.9 Å². The van der Waals surface area contributed by atoms with Crippen molar-refractivity contribution in [2.75, 3.05) is 0 Å². The summed E-state index contributed by atoms with van der Waals surface area (Å²) in [6.07, 6.45) is -4.77. The number of benzene rings is 1. The van der Waals surface area contributed by atoms with Crippen LogP contribution in [0.3, 0.4) is 0 Å². The topological polar surface area (TPSA) is 47.3 Å². The predicted molar refractivity (Wildman–Crippen MR) is 57.0 cm³/mol. The minimum atomic E-state index is -4.77. The number of alkyl halides is 3. The molecule has 1 aromatic heterocycles. The molecule has 0 saturated carbocycles. The third kappa shape index (κ3) is 2.55. The Morgan fingerprint density at radius 3 is 2.50 bits per heavy atom. The molecule has 0 saturated heterocycles. The van der Waals surface area contributed by atoms with Gasteiger partial charge in [0.15, 0.2) is 0 Å². The highest BCUT2D eigenvalue weighted by Gasteiger charge is 2.32. The SMILES string of the molecule is Cn1nc(-c2ccccc2OC(F)(F)F)cc1O. The zero-order valence-corrected chi connectivity index (χ0v) is 9.27. The second-order valence-corrected chi connectivity index (χ2v) is 3.56. The Hall–Kier alpha value is -2.18. The Morgan fingerprint density at radius 2 is 1.94 bits per heavy atom. The average molecular weight is 258 g/mol. The van der Waals surface area contributed by atoms with Gasteiger partial charge in [0.1, 0.15) is 5.75 Å². The lowest BCUT2D eigenvalue weighted by molar-refractivity contribution is -0.274. The van der Waals surface area contributed by atoms with Crippen molar-refractivity contribution in [1.29, 1.82) is 0 Å². The molecule has 0 radical (unpaired) electrons. The Morgan fingerprint density at radius 1 is 1.28 bits per heavy atom. The molecule has 96 valence electrons. The predicted octanol–water partition coefficient (Wildman–Crippen LogP) is 2.69. The number of hydrogen-bond acceptors (Lipinski definition) is 3. The second-order valence-electron chi connectivity index (χ2n) is 3.56. The van der Waals surface area contributed by atoms with Gasteiger partial charge in [0.25, 0.3) is 0 Å². The number of aryl methyl sites for hydroxylation is 1. The Kier molecular flexibility index (Phi) is 2.90. The molecule has 0 fully saturated rings. The van der Waals surface area contributed by atoms with Gasteiger partial charge in [-0.25, -0.2) is 4.68 Å². The van der Waals surface area contributed by atoms with Gasteiger partial charge in [-0.05, 0) is 12.1 Å². The zero-order chi connectivity index (χ0) is 13.3. The van der Waals surface area contributed by atoms with Gasteiger partial charge in [0.05, 0.1) is 5.69 Å². The van der Waals surface area contributed by atoms with Crippen LogP contribution >= 0.6 is 0 Å². The van der Waals surface area contributed by atoms with E-state index in [9.17, 15) is 18.3 Å². The smallest absolute Gasteiger partial charge is 0.493 e. The van der Waals surface area contributed by atoms with Gasteiger partial charge in [0.2, 0.25) is 5.88 Å². The maximum Gasteiger partial charge on any atom is 0.573 e. The van der Waals surface area contributed by atoms with Crippen LogP contribution in [-0.2, 0) is 7.05 Å². The molecule has 0 spiro atoms. The van der Waals surface area contributed by atoms with E-state index in [4.69, 9.17) is 0 Å². The average Bonchev–Trinajstić information content (AvgIpc) is 2.57. The monoisotopic (exact) mass is 258 g/mol. The maximum absolute atomic E-state index is 12.2. The van der Waals surface area contributed by atoms with Crippen LogP contribution in [0.1, 0.15) is 0 Å². The summed E-state index contributed by atoms with van der Waals surface area (Å²) in [7, 11) is 1.48. The lowest BCUT2D eigenvalue weighted by atomic mass is 10.1. The molecule has 1 N–H and O–H groups in total. The third-order valence-electron chi connectivity index (χ3n) is 2.24. The lowest BCUT2D eigenvalue weighted by Gasteiger charge is -2.11. The highest BCUT2D eigenvalue weighted by molar-refractivity contribution is 5.67. The minimum Gasteiger partial charge on any atom is -0.493 e.